The third kappa shape index (κ3) is 2.94. The Balaban J connectivity index is 2.82. The van der Waals surface area contributed by atoms with Gasteiger partial charge in [0.25, 0.3) is 0 Å². The van der Waals surface area contributed by atoms with Crippen molar-refractivity contribution < 1.29 is 0 Å². The van der Waals surface area contributed by atoms with E-state index in [1.54, 1.807) is 0 Å². The zero-order chi connectivity index (χ0) is 9.14. The summed E-state index contributed by atoms with van der Waals surface area (Å²) in [4.78, 5) is 0. The molecular weight excluding hydrogens is 282 g/mol. The predicted octanol–water partition coefficient (Wildman–Crippen LogP) is 4.14. The van der Waals surface area contributed by atoms with Gasteiger partial charge in [0.1, 0.15) is 0 Å². The summed E-state index contributed by atoms with van der Waals surface area (Å²) >= 11 is 8.17. The van der Waals surface area contributed by atoms with Crippen LogP contribution in [0.4, 0.5) is 0 Å². The van der Waals surface area contributed by atoms with Gasteiger partial charge in [0.2, 0.25) is 0 Å². The molecule has 0 radical (unpaired) electrons. The number of rotatable bonds is 2. The largest absolute Gasteiger partial charge is 0.0832 e. The standard InChI is InChI=1S/C10H12ClI/c1-7(2)5-8-3-4-9(11)10(12)6-8/h3-4,6-7H,5H2,1-2H3. The van der Waals surface area contributed by atoms with E-state index in [4.69, 9.17) is 11.6 Å². The van der Waals surface area contributed by atoms with Crippen LogP contribution >= 0.6 is 34.2 Å². The summed E-state index contributed by atoms with van der Waals surface area (Å²) in [6, 6.07) is 6.23. The fourth-order valence-electron chi connectivity index (χ4n) is 1.14. The molecule has 0 heterocycles. The zero-order valence-electron chi connectivity index (χ0n) is 7.27. The lowest BCUT2D eigenvalue weighted by atomic mass is 10.0. The Hall–Kier alpha value is 0.240. The van der Waals surface area contributed by atoms with Crippen LogP contribution in [0, 0.1) is 9.49 Å². The molecule has 0 amide bonds. The molecule has 1 aromatic rings. The highest BCUT2D eigenvalue weighted by atomic mass is 127. The molecule has 0 aliphatic heterocycles. The van der Waals surface area contributed by atoms with E-state index in [9.17, 15) is 0 Å². The lowest BCUT2D eigenvalue weighted by Gasteiger charge is -2.05. The third-order valence-corrected chi connectivity index (χ3v) is 3.17. The van der Waals surface area contributed by atoms with E-state index in [1.165, 1.54) is 5.56 Å². The van der Waals surface area contributed by atoms with Gasteiger partial charge in [-0.15, -0.1) is 0 Å². The Morgan fingerprint density at radius 3 is 2.58 bits per heavy atom. The minimum atomic E-state index is 0.710. The minimum absolute atomic E-state index is 0.710. The van der Waals surface area contributed by atoms with Crippen molar-refractivity contribution in [2.75, 3.05) is 0 Å². The molecule has 0 aromatic heterocycles. The average molecular weight is 295 g/mol. The van der Waals surface area contributed by atoms with E-state index < -0.39 is 0 Å². The molecule has 0 saturated heterocycles. The molecule has 0 spiro atoms. The van der Waals surface area contributed by atoms with Crippen LogP contribution in [0.3, 0.4) is 0 Å². The van der Waals surface area contributed by atoms with E-state index in [2.05, 4.69) is 48.6 Å². The van der Waals surface area contributed by atoms with Crippen LogP contribution in [0.5, 0.6) is 0 Å². The van der Waals surface area contributed by atoms with E-state index in [0.29, 0.717) is 5.92 Å². The van der Waals surface area contributed by atoms with Crippen LogP contribution in [-0.2, 0) is 6.42 Å². The first-order valence-corrected chi connectivity index (χ1v) is 5.49. The summed E-state index contributed by atoms with van der Waals surface area (Å²) in [5.74, 6) is 0.710. The highest BCUT2D eigenvalue weighted by Gasteiger charge is 2.00. The van der Waals surface area contributed by atoms with Gasteiger partial charge in [0.15, 0.2) is 0 Å². The monoisotopic (exact) mass is 294 g/mol. The van der Waals surface area contributed by atoms with Gasteiger partial charge in [-0.25, -0.2) is 0 Å². The second-order valence-electron chi connectivity index (χ2n) is 3.35. The van der Waals surface area contributed by atoms with Gasteiger partial charge in [-0.05, 0) is 52.6 Å². The van der Waals surface area contributed by atoms with Crippen molar-refractivity contribution in [3.05, 3.63) is 32.4 Å². The molecular formula is C10H12ClI. The van der Waals surface area contributed by atoms with Crippen LogP contribution in [0.2, 0.25) is 5.02 Å². The van der Waals surface area contributed by atoms with Crippen molar-refractivity contribution in [1.29, 1.82) is 0 Å². The van der Waals surface area contributed by atoms with Gasteiger partial charge in [-0.1, -0.05) is 31.5 Å². The van der Waals surface area contributed by atoms with Crippen LogP contribution < -0.4 is 0 Å². The molecule has 0 nitrogen and oxygen atoms in total. The summed E-state index contributed by atoms with van der Waals surface area (Å²) in [5, 5.41) is 0.850. The van der Waals surface area contributed by atoms with Gasteiger partial charge >= 0.3 is 0 Å². The topological polar surface area (TPSA) is 0 Å². The van der Waals surface area contributed by atoms with E-state index in [-0.39, 0.29) is 0 Å². The van der Waals surface area contributed by atoms with Crippen molar-refractivity contribution in [2.45, 2.75) is 20.3 Å². The molecule has 0 atom stereocenters. The lowest BCUT2D eigenvalue weighted by molar-refractivity contribution is 0.647. The molecule has 2 heteroatoms. The van der Waals surface area contributed by atoms with E-state index in [1.807, 2.05) is 6.07 Å². The Bertz CT molecular complexity index is 269. The van der Waals surface area contributed by atoms with Crippen molar-refractivity contribution >= 4 is 34.2 Å². The molecule has 0 unspecified atom stereocenters. The zero-order valence-corrected chi connectivity index (χ0v) is 10.2. The minimum Gasteiger partial charge on any atom is -0.0832 e. The molecule has 1 aromatic carbocycles. The first kappa shape index (κ1) is 10.3. The van der Waals surface area contributed by atoms with Gasteiger partial charge < -0.3 is 0 Å². The van der Waals surface area contributed by atoms with Crippen LogP contribution in [-0.4, -0.2) is 0 Å². The molecule has 0 aliphatic carbocycles. The SMILES string of the molecule is CC(C)Cc1ccc(Cl)c(I)c1. The van der Waals surface area contributed by atoms with Crippen molar-refractivity contribution in [3.63, 3.8) is 0 Å². The summed E-state index contributed by atoms with van der Waals surface area (Å²) in [5.41, 5.74) is 1.37. The molecule has 0 fully saturated rings. The Labute approximate surface area is 92.5 Å². The maximum atomic E-state index is 5.91. The molecule has 1 rings (SSSR count). The number of hydrogen-bond donors (Lipinski definition) is 0. The highest BCUT2D eigenvalue weighted by Crippen LogP contribution is 2.20. The fourth-order valence-corrected chi connectivity index (χ4v) is 1.84. The van der Waals surface area contributed by atoms with Crippen molar-refractivity contribution in [2.24, 2.45) is 5.92 Å². The van der Waals surface area contributed by atoms with Gasteiger partial charge in [-0.3, -0.25) is 0 Å². The molecule has 0 aliphatic rings. The summed E-state index contributed by atoms with van der Waals surface area (Å²) < 4.78 is 1.15. The van der Waals surface area contributed by atoms with E-state index >= 15 is 0 Å². The molecule has 0 N–H and O–H groups in total. The average Bonchev–Trinajstić information content (AvgIpc) is 1.96. The lowest BCUT2D eigenvalue weighted by Crippen LogP contribution is -1.94. The van der Waals surface area contributed by atoms with Gasteiger partial charge in [0, 0.05) is 3.57 Å². The first-order valence-electron chi connectivity index (χ1n) is 4.03. The summed E-state index contributed by atoms with van der Waals surface area (Å²) in [6.45, 7) is 4.45. The second kappa shape index (κ2) is 4.47. The highest BCUT2D eigenvalue weighted by molar-refractivity contribution is 14.1. The Morgan fingerprint density at radius 2 is 2.08 bits per heavy atom. The summed E-state index contributed by atoms with van der Waals surface area (Å²) in [7, 11) is 0. The quantitative estimate of drug-likeness (QED) is 0.719. The van der Waals surface area contributed by atoms with Crippen LogP contribution in [0.15, 0.2) is 18.2 Å². The number of hydrogen-bond acceptors (Lipinski definition) is 0. The normalized spacial score (nSPS) is 10.8. The predicted molar refractivity (Wildman–Crippen MR) is 62.7 cm³/mol. The fraction of sp³-hybridized carbons (Fsp3) is 0.400. The van der Waals surface area contributed by atoms with Crippen molar-refractivity contribution in [1.82, 2.24) is 0 Å². The Kier molecular flexibility index (Phi) is 3.84. The number of halogens is 2. The number of benzene rings is 1. The Morgan fingerprint density at radius 1 is 1.42 bits per heavy atom. The first-order chi connectivity index (χ1) is 5.59. The van der Waals surface area contributed by atoms with Gasteiger partial charge in [0.05, 0.1) is 5.02 Å². The molecule has 0 saturated carbocycles. The summed E-state index contributed by atoms with van der Waals surface area (Å²) in [6.07, 6.45) is 1.13. The molecule has 66 valence electrons. The third-order valence-electron chi connectivity index (χ3n) is 1.63. The molecule has 12 heavy (non-hydrogen) atoms. The van der Waals surface area contributed by atoms with Crippen molar-refractivity contribution in [3.8, 4) is 0 Å². The smallest absolute Gasteiger partial charge is 0.0539 e. The van der Waals surface area contributed by atoms with E-state index in [0.717, 1.165) is 15.0 Å². The van der Waals surface area contributed by atoms with Gasteiger partial charge in [-0.2, -0.15) is 0 Å². The maximum Gasteiger partial charge on any atom is 0.0539 e. The van der Waals surface area contributed by atoms with Crippen LogP contribution in [0.1, 0.15) is 19.4 Å². The second-order valence-corrected chi connectivity index (χ2v) is 4.92. The van der Waals surface area contributed by atoms with Crippen LogP contribution in [0.25, 0.3) is 0 Å². The molecule has 0 bridgehead atoms. The maximum absolute atomic E-state index is 5.91.